The molecule has 0 N–H and O–H groups in total. The standard InChI is InChI=1S/C40H47F2N5O3/c1-2-28-31(41)11-10-26-7-3-8-29(33(26)28)35-34(42)36-30(23-43-35)37(46-15-6-18-48-20-17-46)45-38(44-36)50-25-40-12-4-9-32(40)47(16-5-13-40)27-21-39(22-27)14-19-49-24-39/h3,7-8,10-11,23,27,32H,2,4-6,9,12-22,24-25H2,1H3. The van der Waals surface area contributed by atoms with Gasteiger partial charge >= 0.3 is 6.01 Å². The lowest BCUT2D eigenvalue weighted by Gasteiger charge is -2.56. The number of rotatable bonds is 7. The summed E-state index contributed by atoms with van der Waals surface area (Å²) in [7, 11) is 0. The number of halogens is 2. The van der Waals surface area contributed by atoms with E-state index in [9.17, 15) is 0 Å². The first-order chi connectivity index (χ1) is 24.5. The molecule has 2 aromatic heterocycles. The summed E-state index contributed by atoms with van der Waals surface area (Å²) < 4.78 is 50.2. The second-order valence-electron chi connectivity index (χ2n) is 15.5. The zero-order chi connectivity index (χ0) is 33.9. The van der Waals surface area contributed by atoms with Crippen molar-refractivity contribution in [3.05, 3.63) is 53.7 Å². The number of aryl methyl sites for hydroxylation is 1. The number of nitrogens with zero attached hydrogens (tertiary/aromatic N) is 5. The maximum Gasteiger partial charge on any atom is 0.319 e. The van der Waals surface area contributed by atoms with Crippen molar-refractivity contribution in [1.82, 2.24) is 19.9 Å². The highest BCUT2D eigenvalue weighted by atomic mass is 19.1. The van der Waals surface area contributed by atoms with Gasteiger partial charge in [0.25, 0.3) is 0 Å². The van der Waals surface area contributed by atoms with Crippen molar-refractivity contribution in [3.63, 3.8) is 0 Å². The van der Waals surface area contributed by atoms with Crippen molar-refractivity contribution in [3.8, 4) is 17.3 Å². The number of anilines is 1. The molecule has 3 saturated heterocycles. The molecule has 0 radical (unpaired) electrons. The summed E-state index contributed by atoms with van der Waals surface area (Å²) in [5.41, 5.74) is 1.88. The van der Waals surface area contributed by atoms with Gasteiger partial charge in [0.2, 0.25) is 0 Å². The fourth-order valence-corrected chi connectivity index (χ4v) is 10.2. The number of piperidine rings is 1. The molecule has 50 heavy (non-hydrogen) atoms. The van der Waals surface area contributed by atoms with Gasteiger partial charge in [-0.15, -0.1) is 0 Å². The van der Waals surface area contributed by atoms with Crippen LogP contribution in [0.4, 0.5) is 14.6 Å². The molecule has 2 aliphatic carbocycles. The SMILES string of the molecule is CCc1c(F)ccc2cccc(-c3ncc4c(N5CCCOCC5)nc(OCC56CCCC5N(C5CC7(CCOC7)C5)CCC6)nc4c3F)c12. The number of pyridine rings is 1. The summed E-state index contributed by atoms with van der Waals surface area (Å²) in [6.45, 7) is 8.01. The van der Waals surface area contributed by atoms with Crippen LogP contribution in [0.2, 0.25) is 0 Å². The third-order valence-corrected chi connectivity index (χ3v) is 12.7. The van der Waals surface area contributed by atoms with Gasteiger partial charge in [0.05, 0.1) is 25.2 Å². The monoisotopic (exact) mass is 683 g/mol. The largest absolute Gasteiger partial charge is 0.463 e. The molecule has 2 atom stereocenters. The maximum atomic E-state index is 17.0. The molecule has 5 heterocycles. The van der Waals surface area contributed by atoms with Crippen molar-refractivity contribution in [1.29, 1.82) is 0 Å². The van der Waals surface area contributed by atoms with Gasteiger partial charge in [-0.05, 0) is 92.1 Å². The molecule has 5 fully saturated rings. The lowest BCUT2D eigenvalue weighted by atomic mass is 9.63. The second-order valence-corrected chi connectivity index (χ2v) is 15.5. The van der Waals surface area contributed by atoms with E-state index in [0.717, 1.165) is 57.4 Å². The van der Waals surface area contributed by atoms with Crippen LogP contribution < -0.4 is 9.64 Å². The number of fused-ring (bicyclic) bond motifs is 3. The highest BCUT2D eigenvalue weighted by Crippen LogP contribution is 2.55. The van der Waals surface area contributed by atoms with Crippen molar-refractivity contribution in [2.75, 3.05) is 57.6 Å². The van der Waals surface area contributed by atoms with Gasteiger partial charge in [-0.25, -0.2) is 8.78 Å². The normalized spacial score (nSPS) is 28.7. The summed E-state index contributed by atoms with van der Waals surface area (Å²) >= 11 is 0. The molecule has 2 unspecified atom stereocenters. The Hall–Kier alpha value is -3.47. The summed E-state index contributed by atoms with van der Waals surface area (Å²) in [4.78, 5) is 19.4. The number of hydrogen-bond acceptors (Lipinski definition) is 8. The van der Waals surface area contributed by atoms with Gasteiger partial charge in [-0.2, -0.15) is 9.97 Å². The molecular formula is C40H47F2N5O3. The molecule has 9 rings (SSSR count). The number of benzene rings is 2. The van der Waals surface area contributed by atoms with Crippen LogP contribution in [0.25, 0.3) is 32.9 Å². The molecule has 8 nitrogen and oxygen atoms in total. The van der Waals surface area contributed by atoms with E-state index in [1.165, 1.54) is 38.2 Å². The quantitative estimate of drug-likeness (QED) is 0.199. The molecule has 5 aliphatic rings. The average molecular weight is 684 g/mol. The molecule has 2 aromatic carbocycles. The fourth-order valence-electron chi connectivity index (χ4n) is 10.2. The lowest BCUT2D eigenvalue weighted by Crippen LogP contribution is -2.60. The van der Waals surface area contributed by atoms with E-state index in [1.54, 1.807) is 12.3 Å². The maximum absolute atomic E-state index is 17.0. The first-order valence-corrected chi connectivity index (χ1v) is 18.8. The van der Waals surface area contributed by atoms with Crippen LogP contribution in [0.3, 0.4) is 0 Å². The molecule has 3 aliphatic heterocycles. The zero-order valence-corrected chi connectivity index (χ0v) is 29.1. The molecule has 4 aromatic rings. The van der Waals surface area contributed by atoms with Crippen molar-refractivity contribution in [2.24, 2.45) is 10.8 Å². The topological polar surface area (TPSA) is 72.8 Å². The predicted octanol–water partition coefficient (Wildman–Crippen LogP) is 7.49. The van der Waals surface area contributed by atoms with Crippen LogP contribution in [0.5, 0.6) is 6.01 Å². The van der Waals surface area contributed by atoms with Gasteiger partial charge in [-0.1, -0.05) is 37.6 Å². The Labute approximate surface area is 292 Å². The molecule has 1 spiro atoms. The minimum Gasteiger partial charge on any atom is -0.463 e. The molecule has 0 amide bonds. The van der Waals surface area contributed by atoms with E-state index in [4.69, 9.17) is 24.2 Å². The zero-order valence-electron chi connectivity index (χ0n) is 29.1. The highest BCUT2D eigenvalue weighted by molar-refractivity contribution is 6.00. The Kier molecular flexibility index (Phi) is 8.39. The minimum absolute atomic E-state index is 0.0354. The van der Waals surface area contributed by atoms with E-state index < -0.39 is 5.82 Å². The highest BCUT2D eigenvalue weighted by Gasteiger charge is 2.55. The van der Waals surface area contributed by atoms with Gasteiger partial charge < -0.3 is 19.1 Å². The van der Waals surface area contributed by atoms with E-state index in [1.807, 2.05) is 25.1 Å². The van der Waals surface area contributed by atoms with Gasteiger partial charge in [0.1, 0.15) is 22.8 Å². The van der Waals surface area contributed by atoms with E-state index in [-0.39, 0.29) is 28.5 Å². The Balaban J connectivity index is 1.08. The Morgan fingerprint density at radius 2 is 1.84 bits per heavy atom. The number of aromatic nitrogens is 3. The third kappa shape index (κ3) is 5.44. The van der Waals surface area contributed by atoms with Crippen LogP contribution in [0.1, 0.15) is 70.3 Å². The number of hydrogen-bond donors (Lipinski definition) is 0. The summed E-state index contributed by atoms with van der Waals surface area (Å²) in [5.74, 6) is -0.222. The Morgan fingerprint density at radius 3 is 2.70 bits per heavy atom. The smallest absolute Gasteiger partial charge is 0.319 e. The number of ether oxygens (including phenoxy) is 3. The lowest BCUT2D eigenvalue weighted by molar-refractivity contribution is -0.0813. The molecule has 10 heteroatoms. The van der Waals surface area contributed by atoms with E-state index in [2.05, 4.69) is 14.8 Å². The van der Waals surface area contributed by atoms with E-state index >= 15 is 8.78 Å². The molecule has 0 bridgehead atoms. The Bertz CT molecular complexity index is 1900. The second kappa shape index (κ2) is 12.9. The average Bonchev–Trinajstić information content (AvgIpc) is 3.71. The van der Waals surface area contributed by atoms with Crippen molar-refractivity contribution in [2.45, 2.75) is 83.2 Å². The summed E-state index contributed by atoms with van der Waals surface area (Å²) in [6.07, 6.45) is 12.5. The van der Waals surface area contributed by atoms with Gasteiger partial charge in [-0.3, -0.25) is 9.88 Å². The van der Waals surface area contributed by atoms with Crippen LogP contribution >= 0.6 is 0 Å². The fraction of sp³-hybridized carbons (Fsp3) is 0.575. The molecular weight excluding hydrogens is 636 g/mol. The van der Waals surface area contributed by atoms with Gasteiger partial charge in [0.15, 0.2) is 5.82 Å². The first kappa shape index (κ1) is 32.4. The number of likely N-dealkylation sites (tertiary alicyclic amines) is 1. The third-order valence-electron chi connectivity index (χ3n) is 12.7. The molecule has 2 saturated carbocycles. The summed E-state index contributed by atoms with van der Waals surface area (Å²) in [5, 5.41) is 2.07. The van der Waals surface area contributed by atoms with Gasteiger partial charge in [0, 0.05) is 55.6 Å². The van der Waals surface area contributed by atoms with Crippen LogP contribution in [0, 0.1) is 22.5 Å². The van der Waals surface area contributed by atoms with E-state index in [0.29, 0.717) is 78.0 Å². The Morgan fingerprint density at radius 1 is 0.940 bits per heavy atom. The van der Waals surface area contributed by atoms with Crippen molar-refractivity contribution >= 4 is 27.5 Å². The summed E-state index contributed by atoms with van der Waals surface area (Å²) in [6, 6.07) is 10.2. The predicted molar refractivity (Wildman–Crippen MR) is 190 cm³/mol. The first-order valence-electron chi connectivity index (χ1n) is 18.8. The van der Waals surface area contributed by atoms with Crippen LogP contribution in [0.15, 0.2) is 36.5 Å². The minimum atomic E-state index is -0.545. The molecule has 264 valence electrons. The van der Waals surface area contributed by atoms with Crippen LogP contribution in [-0.4, -0.2) is 84.6 Å². The van der Waals surface area contributed by atoms with Crippen molar-refractivity contribution < 1.29 is 23.0 Å². The van der Waals surface area contributed by atoms with Crippen LogP contribution in [-0.2, 0) is 15.9 Å².